The molecule has 0 spiro atoms. The van der Waals surface area contributed by atoms with Crippen LogP contribution in [0.2, 0.25) is 0 Å². The van der Waals surface area contributed by atoms with Crippen LogP contribution in [0.25, 0.3) is 11.0 Å². The van der Waals surface area contributed by atoms with Gasteiger partial charge >= 0.3 is 0 Å². The van der Waals surface area contributed by atoms with E-state index in [-0.39, 0.29) is 29.9 Å². The molecule has 1 aromatic carbocycles. The summed E-state index contributed by atoms with van der Waals surface area (Å²) >= 11 is 0. The van der Waals surface area contributed by atoms with E-state index in [4.69, 9.17) is 9.15 Å². The van der Waals surface area contributed by atoms with Crippen molar-refractivity contribution in [2.45, 2.75) is 18.9 Å². The van der Waals surface area contributed by atoms with Crippen LogP contribution in [-0.2, 0) is 21.1 Å². The monoisotopic (exact) mass is 366 g/mol. The van der Waals surface area contributed by atoms with Gasteiger partial charge in [-0.15, -0.1) is 0 Å². The van der Waals surface area contributed by atoms with Gasteiger partial charge in [-0.25, -0.2) is 13.4 Å². The number of hydrazine groups is 1. The summed E-state index contributed by atoms with van der Waals surface area (Å²) in [6, 6.07) is 5.14. The molecule has 136 valence electrons. The average molecular weight is 366 g/mol. The zero-order valence-corrected chi connectivity index (χ0v) is 15.4. The van der Waals surface area contributed by atoms with E-state index in [1.165, 1.54) is 0 Å². The van der Waals surface area contributed by atoms with Crippen LogP contribution in [0.15, 0.2) is 28.9 Å². The Morgan fingerprint density at radius 2 is 2.12 bits per heavy atom. The Bertz CT molecular complexity index is 888. The molecule has 3 rings (SSSR count). The quantitative estimate of drug-likeness (QED) is 0.746. The highest BCUT2D eigenvalue weighted by atomic mass is 32.2. The first-order valence-electron chi connectivity index (χ1n) is 8.04. The number of carbonyl (C=O) groups is 1. The predicted octanol–water partition coefficient (Wildman–Crippen LogP) is 1.48. The third-order valence-electron chi connectivity index (χ3n) is 4.45. The Morgan fingerprint density at radius 3 is 2.72 bits per heavy atom. The first-order valence-corrected chi connectivity index (χ1v) is 9.86. The second kappa shape index (κ2) is 6.68. The lowest BCUT2D eigenvalue weighted by atomic mass is 10.1. The highest BCUT2D eigenvalue weighted by Crippen LogP contribution is 2.27. The maximum Gasteiger partial charge on any atom is 0.241 e. The number of hydrogen-bond acceptors (Lipinski definition) is 6. The molecular weight excluding hydrogens is 344 g/mol. The summed E-state index contributed by atoms with van der Waals surface area (Å²) in [6.07, 6.45) is 2.19. The summed E-state index contributed by atoms with van der Waals surface area (Å²) in [5.41, 5.74) is 1.43. The highest BCUT2D eigenvalue weighted by Gasteiger charge is 2.36. The van der Waals surface area contributed by atoms with E-state index in [9.17, 15) is 13.2 Å². The van der Waals surface area contributed by atoms with E-state index in [2.05, 4.69) is 0 Å². The maximum absolute atomic E-state index is 12.8. The number of carbonyl (C=O) groups excluding carboxylic acids is 1. The van der Waals surface area contributed by atoms with Gasteiger partial charge in [0.05, 0.1) is 37.3 Å². The second-order valence-electron chi connectivity index (χ2n) is 6.44. The van der Waals surface area contributed by atoms with E-state index in [0.29, 0.717) is 17.8 Å². The number of fused-ring (bicyclic) bond motifs is 1. The molecule has 8 heteroatoms. The molecule has 25 heavy (non-hydrogen) atoms. The minimum atomic E-state index is -3.06. The Balaban J connectivity index is 1.82. The molecule has 1 aromatic heterocycles. The summed E-state index contributed by atoms with van der Waals surface area (Å²) in [5, 5.41) is 4.07. The van der Waals surface area contributed by atoms with Crippen LogP contribution in [0.3, 0.4) is 0 Å². The number of hydrogen-bond donors (Lipinski definition) is 0. The Morgan fingerprint density at radius 1 is 1.36 bits per heavy atom. The maximum atomic E-state index is 12.8. The molecule has 1 saturated heterocycles. The van der Waals surface area contributed by atoms with Crippen molar-refractivity contribution in [3.8, 4) is 5.75 Å². The van der Waals surface area contributed by atoms with Crippen molar-refractivity contribution in [2.24, 2.45) is 0 Å². The molecule has 1 aliphatic rings. The number of amides is 1. The van der Waals surface area contributed by atoms with Crippen LogP contribution < -0.4 is 4.74 Å². The summed E-state index contributed by atoms with van der Waals surface area (Å²) in [6.45, 7) is 0. The zero-order chi connectivity index (χ0) is 18.2. The number of methoxy groups -OCH3 is 1. The normalized spacial score (nSPS) is 19.4. The van der Waals surface area contributed by atoms with Gasteiger partial charge in [-0.2, -0.15) is 0 Å². The Hall–Kier alpha value is -2.06. The Kier molecular flexibility index (Phi) is 4.75. The smallest absolute Gasteiger partial charge is 0.241 e. The third-order valence-corrected chi connectivity index (χ3v) is 6.20. The number of benzene rings is 1. The van der Waals surface area contributed by atoms with Crippen molar-refractivity contribution in [1.82, 2.24) is 10.0 Å². The molecule has 0 N–H and O–H groups in total. The molecule has 2 aromatic rings. The fourth-order valence-electron chi connectivity index (χ4n) is 3.29. The Labute approximate surface area is 147 Å². The largest absolute Gasteiger partial charge is 0.497 e. The van der Waals surface area contributed by atoms with Crippen LogP contribution in [0.1, 0.15) is 12.0 Å². The van der Waals surface area contributed by atoms with Gasteiger partial charge in [-0.1, -0.05) is 0 Å². The first-order chi connectivity index (χ1) is 11.8. The van der Waals surface area contributed by atoms with Crippen LogP contribution in [0.5, 0.6) is 5.75 Å². The lowest BCUT2D eigenvalue weighted by Crippen LogP contribution is -2.49. The van der Waals surface area contributed by atoms with Crippen molar-refractivity contribution in [1.29, 1.82) is 0 Å². The topological polar surface area (TPSA) is 80.1 Å². The molecule has 0 saturated carbocycles. The molecule has 1 unspecified atom stereocenters. The van der Waals surface area contributed by atoms with Gasteiger partial charge in [-0.3, -0.25) is 9.80 Å². The van der Waals surface area contributed by atoms with E-state index in [0.717, 1.165) is 10.9 Å². The van der Waals surface area contributed by atoms with E-state index in [1.54, 1.807) is 43.6 Å². The molecule has 1 aliphatic heterocycles. The molecule has 2 heterocycles. The third kappa shape index (κ3) is 3.64. The first kappa shape index (κ1) is 17.8. The number of rotatable bonds is 5. The summed E-state index contributed by atoms with van der Waals surface area (Å²) in [4.78, 5) is 12.8. The number of nitrogens with zero attached hydrogens (tertiary/aromatic N) is 2. The molecular formula is C17H22N2O5S. The van der Waals surface area contributed by atoms with Gasteiger partial charge in [0, 0.05) is 31.1 Å². The van der Waals surface area contributed by atoms with Crippen molar-refractivity contribution in [3.05, 3.63) is 30.0 Å². The van der Waals surface area contributed by atoms with E-state index < -0.39 is 9.84 Å². The molecule has 0 radical (unpaired) electrons. The fraction of sp³-hybridized carbons (Fsp3) is 0.471. The predicted molar refractivity (Wildman–Crippen MR) is 94.1 cm³/mol. The van der Waals surface area contributed by atoms with Crippen molar-refractivity contribution in [3.63, 3.8) is 0 Å². The van der Waals surface area contributed by atoms with Crippen LogP contribution in [-0.4, -0.2) is 63.1 Å². The molecule has 1 amide bonds. The molecule has 1 fully saturated rings. The van der Waals surface area contributed by atoms with E-state index >= 15 is 0 Å². The van der Waals surface area contributed by atoms with Gasteiger partial charge in [0.25, 0.3) is 0 Å². The molecule has 0 bridgehead atoms. The van der Waals surface area contributed by atoms with Gasteiger partial charge in [0.1, 0.15) is 11.3 Å². The standard InChI is InChI=1S/C17H22N2O5S/c1-18(2)19(13-6-7-25(21,22)11-13)17(20)8-12-10-24-16-9-14(23-3)4-5-15(12)16/h4-5,9-10,13H,6-8,11H2,1-3H3. The second-order valence-corrected chi connectivity index (χ2v) is 8.67. The van der Waals surface area contributed by atoms with Gasteiger partial charge < -0.3 is 9.15 Å². The van der Waals surface area contributed by atoms with Crippen LogP contribution in [0.4, 0.5) is 0 Å². The van der Waals surface area contributed by atoms with Gasteiger partial charge in [-0.05, 0) is 18.6 Å². The summed E-state index contributed by atoms with van der Waals surface area (Å²) < 4.78 is 34.2. The molecule has 1 atom stereocenters. The fourth-order valence-corrected chi connectivity index (χ4v) is 4.98. The average Bonchev–Trinajstić information content (AvgIpc) is 3.10. The summed E-state index contributed by atoms with van der Waals surface area (Å²) in [5.74, 6) is 0.681. The van der Waals surface area contributed by atoms with Crippen molar-refractivity contribution in [2.75, 3.05) is 32.7 Å². The van der Waals surface area contributed by atoms with E-state index in [1.807, 2.05) is 12.1 Å². The van der Waals surface area contributed by atoms with Crippen LogP contribution in [0, 0.1) is 0 Å². The molecule has 7 nitrogen and oxygen atoms in total. The lowest BCUT2D eigenvalue weighted by molar-refractivity contribution is -0.148. The summed E-state index contributed by atoms with van der Waals surface area (Å²) in [7, 11) is 2.02. The molecule has 0 aliphatic carbocycles. The minimum Gasteiger partial charge on any atom is -0.497 e. The number of sulfone groups is 1. The SMILES string of the molecule is COc1ccc2c(CC(=O)N(C3CCS(=O)(=O)C3)N(C)C)coc2c1. The zero-order valence-electron chi connectivity index (χ0n) is 14.6. The van der Waals surface area contributed by atoms with Crippen molar-refractivity contribution >= 4 is 26.7 Å². The lowest BCUT2D eigenvalue weighted by Gasteiger charge is -2.33. The van der Waals surface area contributed by atoms with Gasteiger partial charge in [0.2, 0.25) is 5.91 Å². The highest BCUT2D eigenvalue weighted by molar-refractivity contribution is 7.91. The number of furan rings is 1. The van der Waals surface area contributed by atoms with Crippen LogP contribution >= 0.6 is 0 Å². The number of ether oxygens (including phenoxy) is 1. The minimum absolute atomic E-state index is 0.0141. The van der Waals surface area contributed by atoms with Gasteiger partial charge in [0.15, 0.2) is 9.84 Å². The van der Waals surface area contributed by atoms with Crippen molar-refractivity contribution < 1.29 is 22.4 Å².